The number of carbonyl (C=O) groups is 3. The number of hydrogen-bond acceptors (Lipinski definition) is 4. The smallest absolute Gasteiger partial charge is 0.269 e. The van der Waals surface area contributed by atoms with Gasteiger partial charge in [-0.2, -0.15) is 0 Å². The number of halogens is 1. The molecule has 0 radical (unpaired) electrons. The molecule has 32 heavy (non-hydrogen) atoms. The first-order valence-electron chi connectivity index (χ1n) is 9.87. The predicted molar refractivity (Wildman–Crippen MR) is 125 cm³/mol. The van der Waals surface area contributed by atoms with Crippen LogP contribution in [0.2, 0.25) is 0 Å². The van der Waals surface area contributed by atoms with E-state index >= 15 is 0 Å². The molecule has 0 aliphatic carbocycles. The van der Waals surface area contributed by atoms with Crippen LogP contribution >= 0.6 is 15.9 Å². The lowest BCUT2D eigenvalue weighted by Crippen LogP contribution is -2.48. The van der Waals surface area contributed by atoms with E-state index in [4.69, 9.17) is 0 Å². The summed E-state index contributed by atoms with van der Waals surface area (Å²) in [5.41, 5.74) is 8.02. The maximum absolute atomic E-state index is 12.9. The Morgan fingerprint density at radius 3 is 2.34 bits per heavy atom. The molecule has 2 N–H and O–H groups in total. The van der Waals surface area contributed by atoms with E-state index in [0.29, 0.717) is 17.0 Å². The second-order valence-corrected chi connectivity index (χ2v) is 7.96. The largest absolute Gasteiger partial charge is 0.301 e. The molecule has 0 fully saturated rings. The number of hydrogen-bond donors (Lipinski definition) is 2. The average molecular weight is 491 g/mol. The van der Waals surface area contributed by atoms with Gasteiger partial charge in [-0.1, -0.05) is 64.5 Å². The van der Waals surface area contributed by atoms with E-state index in [1.807, 2.05) is 42.5 Å². The average Bonchev–Trinajstić information content (AvgIpc) is 2.95. The maximum atomic E-state index is 12.9. The minimum absolute atomic E-state index is 0.0970. The topological polar surface area (TPSA) is 90.9 Å². The Bertz CT molecular complexity index is 1200. The number of nitrogens with one attached hydrogen (secondary N) is 2. The summed E-state index contributed by atoms with van der Waals surface area (Å²) in [5.74, 6) is -1.29. The summed E-state index contributed by atoms with van der Waals surface area (Å²) in [7, 11) is 0. The Morgan fingerprint density at radius 1 is 0.938 bits per heavy atom. The fourth-order valence-electron chi connectivity index (χ4n) is 3.37. The number of benzene rings is 3. The molecule has 0 spiro atoms. The van der Waals surface area contributed by atoms with E-state index in [2.05, 4.69) is 31.8 Å². The number of anilines is 1. The lowest BCUT2D eigenvalue weighted by atomic mass is 10.0. The third kappa shape index (κ3) is 4.76. The molecule has 1 heterocycles. The van der Waals surface area contributed by atoms with Crippen LogP contribution in [0.15, 0.2) is 88.3 Å². The van der Waals surface area contributed by atoms with Crippen molar-refractivity contribution in [2.24, 2.45) is 4.99 Å². The van der Waals surface area contributed by atoms with Crippen molar-refractivity contribution in [1.82, 2.24) is 10.9 Å². The third-order valence-electron chi connectivity index (χ3n) is 4.88. The van der Waals surface area contributed by atoms with E-state index in [9.17, 15) is 14.4 Å². The van der Waals surface area contributed by atoms with Gasteiger partial charge in [-0.05, 0) is 30.3 Å². The molecule has 8 heteroatoms. The summed E-state index contributed by atoms with van der Waals surface area (Å²) in [6.45, 7) is -0.361. The normalized spacial score (nSPS) is 13.0. The highest BCUT2D eigenvalue weighted by atomic mass is 79.9. The molecule has 0 bridgehead atoms. The molecule has 7 nitrogen and oxygen atoms in total. The van der Waals surface area contributed by atoms with Gasteiger partial charge in [-0.3, -0.25) is 30.2 Å². The molecule has 1 aliphatic heterocycles. The Morgan fingerprint density at radius 2 is 1.62 bits per heavy atom. The van der Waals surface area contributed by atoms with Crippen LogP contribution < -0.4 is 15.8 Å². The van der Waals surface area contributed by atoms with Gasteiger partial charge in [0, 0.05) is 21.2 Å². The predicted octanol–water partition coefficient (Wildman–Crippen LogP) is 3.09. The van der Waals surface area contributed by atoms with E-state index in [1.54, 1.807) is 36.4 Å². The first-order valence-corrected chi connectivity index (χ1v) is 10.7. The van der Waals surface area contributed by atoms with Crippen LogP contribution in [-0.2, 0) is 9.59 Å². The van der Waals surface area contributed by atoms with E-state index in [0.717, 1.165) is 15.6 Å². The Kier molecular flexibility index (Phi) is 6.42. The lowest BCUT2D eigenvalue weighted by molar-refractivity contribution is -0.123. The van der Waals surface area contributed by atoms with Gasteiger partial charge in [-0.15, -0.1) is 0 Å². The molecule has 1 aliphatic rings. The zero-order valence-electron chi connectivity index (χ0n) is 16.9. The van der Waals surface area contributed by atoms with E-state index < -0.39 is 11.8 Å². The van der Waals surface area contributed by atoms with Crippen LogP contribution in [0.4, 0.5) is 5.69 Å². The molecule has 0 unspecified atom stereocenters. The molecule has 0 saturated heterocycles. The van der Waals surface area contributed by atoms with Gasteiger partial charge in [0.1, 0.15) is 13.1 Å². The molecular formula is C24H19BrN4O3. The van der Waals surface area contributed by atoms with Crippen molar-refractivity contribution in [3.8, 4) is 0 Å². The second-order valence-electron chi connectivity index (χ2n) is 7.04. The SMILES string of the molecule is O=C(CN1C(=O)CN=C(c2ccccc2)c2cc(Br)ccc21)NNC(=O)c1ccccc1. The van der Waals surface area contributed by atoms with E-state index in [-0.39, 0.29) is 19.0 Å². The second kappa shape index (κ2) is 9.57. The number of amides is 3. The first-order chi connectivity index (χ1) is 15.5. The van der Waals surface area contributed by atoms with Crippen molar-refractivity contribution in [3.63, 3.8) is 0 Å². The summed E-state index contributed by atoms with van der Waals surface area (Å²) in [5, 5.41) is 0. The number of nitrogens with zero attached hydrogens (tertiary/aromatic N) is 2. The monoisotopic (exact) mass is 490 g/mol. The molecule has 0 aromatic heterocycles. The van der Waals surface area contributed by atoms with Gasteiger partial charge in [0.2, 0.25) is 5.91 Å². The van der Waals surface area contributed by atoms with Crippen molar-refractivity contribution in [3.05, 3.63) is 100 Å². The standard InChI is InChI=1S/C24H19BrN4O3/c25-18-11-12-20-19(13-18)23(16-7-3-1-4-8-16)26-14-22(31)29(20)15-21(30)27-28-24(32)17-9-5-2-6-10-17/h1-13H,14-15H2,(H,27,30)(H,28,32). The van der Waals surface area contributed by atoms with Gasteiger partial charge in [-0.25, -0.2) is 0 Å². The molecule has 0 saturated carbocycles. The van der Waals surface area contributed by atoms with Crippen molar-refractivity contribution in [2.75, 3.05) is 18.0 Å². The van der Waals surface area contributed by atoms with Crippen LogP contribution in [0.25, 0.3) is 0 Å². The highest BCUT2D eigenvalue weighted by Crippen LogP contribution is 2.29. The molecular weight excluding hydrogens is 472 g/mol. The summed E-state index contributed by atoms with van der Waals surface area (Å²) >= 11 is 3.48. The van der Waals surface area contributed by atoms with Crippen LogP contribution in [0.5, 0.6) is 0 Å². The number of aliphatic imine (C=N–C) groups is 1. The summed E-state index contributed by atoms with van der Waals surface area (Å²) in [6, 6.07) is 23.6. The fraction of sp³-hybridized carbons (Fsp3) is 0.0833. The fourth-order valence-corrected chi connectivity index (χ4v) is 3.73. The quantitative estimate of drug-likeness (QED) is 0.550. The molecule has 0 atom stereocenters. The third-order valence-corrected chi connectivity index (χ3v) is 5.37. The van der Waals surface area contributed by atoms with Gasteiger partial charge in [0.15, 0.2) is 0 Å². The number of carbonyl (C=O) groups excluding carboxylic acids is 3. The minimum Gasteiger partial charge on any atom is -0.301 e. The minimum atomic E-state index is -0.528. The van der Waals surface area contributed by atoms with E-state index in [1.165, 1.54) is 4.90 Å². The Balaban J connectivity index is 1.55. The molecule has 3 aromatic carbocycles. The van der Waals surface area contributed by atoms with Crippen molar-refractivity contribution in [1.29, 1.82) is 0 Å². The Labute approximate surface area is 193 Å². The Hall–Kier alpha value is -3.78. The zero-order valence-corrected chi connectivity index (χ0v) is 18.5. The van der Waals surface area contributed by atoms with Crippen LogP contribution in [-0.4, -0.2) is 36.5 Å². The lowest BCUT2D eigenvalue weighted by Gasteiger charge is -2.23. The molecule has 3 aromatic rings. The van der Waals surface area contributed by atoms with Crippen LogP contribution in [0.1, 0.15) is 21.5 Å². The molecule has 4 rings (SSSR count). The van der Waals surface area contributed by atoms with Crippen molar-refractivity contribution in [2.45, 2.75) is 0 Å². The van der Waals surface area contributed by atoms with Crippen molar-refractivity contribution >= 4 is 45.1 Å². The maximum Gasteiger partial charge on any atom is 0.269 e. The van der Waals surface area contributed by atoms with Crippen molar-refractivity contribution < 1.29 is 14.4 Å². The van der Waals surface area contributed by atoms with Gasteiger partial charge >= 0.3 is 0 Å². The number of rotatable bonds is 4. The molecule has 160 valence electrons. The first kappa shape index (κ1) is 21.5. The summed E-state index contributed by atoms with van der Waals surface area (Å²) in [4.78, 5) is 43.5. The van der Waals surface area contributed by atoms with Crippen LogP contribution in [0.3, 0.4) is 0 Å². The molecule has 3 amide bonds. The number of benzodiazepines with no additional fused rings is 1. The van der Waals surface area contributed by atoms with Gasteiger partial charge in [0.05, 0.1) is 11.4 Å². The van der Waals surface area contributed by atoms with Crippen LogP contribution in [0, 0.1) is 0 Å². The number of fused-ring (bicyclic) bond motifs is 1. The highest BCUT2D eigenvalue weighted by molar-refractivity contribution is 9.10. The summed E-state index contributed by atoms with van der Waals surface area (Å²) in [6.07, 6.45) is 0. The van der Waals surface area contributed by atoms with Gasteiger partial charge in [0.25, 0.3) is 11.8 Å². The van der Waals surface area contributed by atoms with Gasteiger partial charge < -0.3 is 4.90 Å². The number of hydrazine groups is 1. The zero-order chi connectivity index (χ0) is 22.5. The summed E-state index contributed by atoms with van der Waals surface area (Å²) < 4.78 is 0.828. The highest BCUT2D eigenvalue weighted by Gasteiger charge is 2.27.